The lowest BCUT2D eigenvalue weighted by Crippen LogP contribution is -2.44. The molecule has 1 amide bonds. The first-order valence-electron chi connectivity index (χ1n) is 8.62. The minimum Gasteiger partial charge on any atom is -0.339 e. The summed E-state index contributed by atoms with van der Waals surface area (Å²) in [5.74, 6) is 0.722. The van der Waals surface area contributed by atoms with E-state index < -0.39 is 6.04 Å². The summed E-state index contributed by atoms with van der Waals surface area (Å²) in [6.07, 6.45) is 0. The van der Waals surface area contributed by atoms with E-state index >= 15 is 0 Å². The zero-order valence-electron chi connectivity index (χ0n) is 14.7. The van der Waals surface area contributed by atoms with Gasteiger partial charge in [0.2, 0.25) is 5.89 Å². The van der Waals surface area contributed by atoms with Gasteiger partial charge < -0.3 is 15.2 Å². The monoisotopic (exact) mass is 355 g/mol. The van der Waals surface area contributed by atoms with Crippen LogP contribution >= 0.6 is 0 Å². The number of amides is 1. The third kappa shape index (κ3) is 3.06. The summed E-state index contributed by atoms with van der Waals surface area (Å²) in [7, 11) is 2.04. The molecule has 136 valence electrons. The van der Waals surface area contributed by atoms with E-state index in [1.807, 2.05) is 38.2 Å². The van der Waals surface area contributed by atoms with Gasteiger partial charge in [-0.1, -0.05) is 23.4 Å². The maximum absolute atomic E-state index is 12.6. The number of carbonyl (C=O) groups is 1. The summed E-state index contributed by atoms with van der Waals surface area (Å²) in [5, 5.41) is 18.0. The van der Waals surface area contributed by atoms with Crippen LogP contribution in [0.15, 0.2) is 28.8 Å². The molecule has 2 atom stereocenters. The van der Waals surface area contributed by atoms with Crippen molar-refractivity contribution in [1.82, 2.24) is 35.9 Å². The fourth-order valence-corrected chi connectivity index (χ4v) is 3.12. The molecule has 4 rings (SSSR count). The highest BCUT2D eigenvalue weighted by molar-refractivity contribution is 6.04. The first-order valence-corrected chi connectivity index (χ1v) is 8.62. The number of H-pyrrole nitrogens is 1. The standard InChI is InChI=1S/C17H21N7O2/c1-10(17-20-15(23-26-17)13-9-18-7-8-24(13)2)19-16(25)14-11-5-3-4-6-12(11)21-22-14/h3-6,10,13,18H,7-9H2,1-2H3,(H,19,25)(H,21,22). The Hall–Kier alpha value is -2.78. The smallest absolute Gasteiger partial charge is 0.273 e. The summed E-state index contributed by atoms with van der Waals surface area (Å²) < 4.78 is 5.38. The molecular weight excluding hydrogens is 334 g/mol. The van der Waals surface area contributed by atoms with E-state index in [4.69, 9.17) is 4.52 Å². The van der Waals surface area contributed by atoms with Crippen molar-refractivity contribution in [2.75, 3.05) is 26.7 Å². The predicted octanol–water partition coefficient (Wildman–Crippen LogP) is 1.01. The van der Waals surface area contributed by atoms with Crippen LogP contribution in [0.1, 0.15) is 41.2 Å². The largest absolute Gasteiger partial charge is 0.339 e. The second-order valence-electron chi connectivity index (χ2n) is 6.50. The molecule has 1 fully saturated rings. The molecule has 0 saturated carbocycles. The van der Waals surface area contributed by atoms with Gasteiger partial charge in [0, 0.05) is 25.0 Å². The third-order valence-corrected chi connectivity index (χ3v) is 4.67. The zero-order chi connectivity index (χ0) is 18.1. The van der Waals surface area contributed by atoms with Crippen LogP contribution in [-0.2, 0) is 0 Å². The quantitative estimate of drug-likeness (QED) is 0.640. The fourth-order valence-electron chi connectivity index (χ4n) is 3.12. The Morgan fingerprint density at radius 2 is 2.27 bits per heavy atom. The number of aromatic nitrogens is 4. The molecule has 1 aliphatic rings. The predicted molar refractivity (Wildman–Crippen MR) is 94.5 cm³/mol. The number of nitrogens with zero attached hydrogens (tertiary/aromatic N) is 4. The Bertz CT molecular complexity index is 919. The Morgan fingerprint density at radius 1 is 1.42 bits per heavy atom. The molecule has 0 spiro atoms. The van der Waals surface area contributed by atoms with E-state index in [0.29, 0.717) is 17.4 Å². The van der Waals surface area contributed by atoms with Gasteiger partial charge in [0.25, 0.3) is 5.91 Å². The van der Waals surface area contributed by atoms with Crippen molar-refractivity contribution in [3.63, 3.8) is 0 Å². The number of rotatable bonds is 4. The Kier molecular flexibility index (Phi) is 4.39. The number of hydrogen-bond acceptors (Lipinski definition) is 7. The van der Waals surface area contributed by atoms with Crippen LogP contribution in [0.25, 0.3) is 10.9 Å². The van der Waals surface area contributed by atoms with Crippen LogP contribution in [0.5, 0.6) is 0 Å². The highest BCUT2D eigenvalue weighted by Gasteiger charge is 2.27. The van der Waals surface area contributed by atoms with Crippen molar-refractivity contribution in [2.24, 2.45) is 0 Å². The SMILES string of the molecule is CC(NC(=O)c1n[nH]c2ccccc12)c1nc(C2CNCCN2C)no1. The number of hydrogen-bond donors (Lipinski definition) is 3. The molecule has 26 heavy (non-hydrogen) atoms. The maximum atomic E-state index is 12.6. The third-order valence-electron chi connectivity index (χ3n) is 4.67. The zero-order valence-corrected chi connectivity index (χ0v) is 14.7. The Balaban J connectivity index is 1.48. The lowest BCUT2D eigenvalue weighted by molar-refractivity contribution is 0.0929. The van der Waals surface area contributed by atoms with Gasteiger partial charge in [0.05, 0.1) is 11.6 Å². The summed E-state index contributed by atoms with van der Waals surface area (Å²) in [4.78, 5) is 19.2. The van der Waals surface area contributed by atoms with Crippen LogP contribution in [0.3, 0.4) is 0 Å². The van der Waals surface area contributed by atoms with Crippen molar-refractivity contribution in [3.05, 3.63) is 41.7 Å². The number of likely N-dealkylation sites (N-methyl/N-ethyl adjacent to an activating group) is 1. The van der Waals surface area contributed by atoms with Crippen molar-refractivity contribution < 1.29 is 9.32 Å². The molecule has 1 aliphatic heterocycles. The number of fused-ring (bicyclic) bond motifs is 1. The van der Waals surface area contributed by atoms with Crippen molar-refractivity contribution in [3.8, 4) is 0 Å². The van der Waals surface area contributed by atoms with Crippen LogP contribution in [0.2, 0.25) is 0 Å². The molecule has 3 N–H and O–H groups in total. The molecule has 2 unspecified atom stereocenters. The summed E-state index contributed by atoms with van der Waals surface area (Å²) in [6.45, 7) is 4.46. The Labute approximate surface area is 150 Å². The average molecular weight is 355 g/mol. The lowest BCUT2D eigenvalue weighted by Gasteiger charge is -2.30. The van der Waals surface area contributed by atoms with Crippen molar-refractivity contribution in [1.29, 1.82) is 0 Å². The van der Waals surface area contributed by atoms with Gasteiger partial charge in [0.1, 0.15) is 6.04 Å². The first-order chi connectivity index (χ1) is 12.6. The molecule has 1 aromatic carbocycles. The number of piperazine rings is 1. The van der Waals surface area contributed by atoms with Gasteiger partial charge in [-0.05, 0) is 20.0 Å². The van der Waals surface area contributed by atoms with E-state index in [-0.39, 0.29) is 11.9 Å². The number of benzene rings is 1. The molecule has 2 aromatic heterocycles. The fraction of sp³-hybridized carbons (Fsp3) is 0.412. The van der Waals surface area contributed by atoms with E-state index in [1.54, 1.807) is 0 Å². The molecule has 0 aliphatic carbocycles. The molecule has 9 nitrogen and oxygen atoms in total. The van der Waals surface area contributed by atoms with Crippen molar-refractivity contribution >= 4 is 16.8 Å². The minimum atomic E-state index is -0.416. The van der Waals surface area contributed by atoms with E-state index in [1.165, 1.54) is 0 Å². The summed E-state index contributed by atoms with van der Waals surface area (Å²) in [5.41, 5.74) is 1.17. The van der Waals surface area contributed by atoms with Crippen LogP contribution < -0.4 is 10.6 Å². The topological polar surface area (TPSA) is 112 Å². The summed E-state index contributed by atoms with van der Waals surface area (Å²) >= 11 is 0. The normalized spacial score (nSPS) is 19.5. The molecule has 9 heteroatoms. The number of nitrogens with one attached hydrogen (secondary N) is 3. The average Bonchev–Trinajstić information content (AvgIpc) is 3.29. The van der Waals surface area contributed by atoms with E-state index in [0.717, 1.165) is 30.5 Å². The maximum Gasteiger partial charge on any atom is 0.273 e. The van der Waals surface area contributed by atoms with Crippen molar-refractivity contribution in [2.45, 2.75) is 19.0 Å². The van der Waals surface area contributed by atoms with E-state index in [9.17, 15) is 4.79 Å². The lowest BCUT2D eigenvalue weighted by atomic mass is 10.2. The van der Waals surface area contributed by atoms with Crippen LogP contribution in [0.4, 0.5) is 0 Å². The number of para-hydroxylation sites is 1. The minimum absolute atomic E-state index is 0.0689. The van der Waals surface area contributed by atoms with Gasteiger partial charge >= 0.3 is 0 Å². The molecule has 1 saturated heterocycles. The second kappa shape index (κ2) is 6.85. The van der Waals surface area contributed by atoms with Gasteiger partial charge in [-0.25, -0.2) is 0 Å². The first kappa shape index (κ1) is 16.7. The molecule has 3 aromatic rings. The van der Waals surface area contributed by atoms with Crippen LogP contribution in [0, 0.1) is 0 Å². The molecule has 0 radical (unpaired) electrons. The second-order valence-corrected chi connectivity index (χ2v) is 6.50. The van der Waals surface area contributed by atoms with Gasteiger partial charge in [0.15, 0.2) is 11.5 Å². The molecule has 3 heterocycles. The molecule has 0 bridgehead atoms. The van der Waals surface area contributed by atoms with Gasteiger partial charge in [-0.3, -0.25) is 14.8 Å². The summed E-state index contributed by atoms with van der Waals surface area (Å²) in [6, 6.07) is 7.15. The number of aromatic amines is 1. The van der Waals surface area contributed by atoms with Crippen LogP contribution in [-0.4, -0.2) is 57.8 Å². The van der Waals surface area contributed by atoms with E-state index in [2.05, 4.69) is 35.9 Å². The molecular formula is C17H21N7O2. The van der Waals surface area contributed by atoms with Gasteiger partial charge in [-0.15, -0.1) is 0 Å². The Morgan fingerprint density at radius 3 is 3.12 bits per heavy atom. The highest BCUT2D eigenvalue weighted by atomic mass is 16.5. The highest BCUT2D eigenvalue weighted by Crippen LogP contribution is 2.21. The number of carbonyl (C=O) groups excluding carboxylic acids is 1. The van der Waals surface area contributed by atoms with Gasteiger partial charge in [-0.2, -0.15) is 10.1 Å².